The molecule has 2 rings (SSSR count). The van der Waals surface area contributed by atoms with Crippen LogP contribution in [0.5, 0.6) is 0 Å². The first-order chi connectivity index (χ1) is 8.29. The van der Waals surface area contributed by atoms with Crippen molar-refractivity contribution in [3.8, 4) is 6.07 Å². The molecule has 1 saturated heterocycles. The second kappa shape index (κ2) is 5.65. The van der Waals surface area contributed by atoms with Gasteiger partial charge in [0.25, 0.3) is 0 Å². The third kappa shape index (κ3) is 3.18. The van der Waals surface area contributed by atoms with Crippen LogP contribution in [-0.2, 0) is 4.74 Å². The minimum atomic E-state index is 0.366. The lowest BCUT2D eigenvalue weighted by molar-refractivity contribution is 0.0496. The van der Waals surface area contributed by atoms with E-state index in [4.69, 9.17) is 10.00 Å². The van der Waals surface area contributed by atoms with Crippen molar-refractivity contribution in [2.24, 2.45) is 5.92 Å². The molecule has 1 N–H and O–H groups in total. The molecule has 1 aromatic rings. The Kier molecular flexibility index (Phi) is 3.94. The number of pyridine rings is 1. The van der Waals surface area contributed by atoms with E-state index in [-0.39, 0.29) is 0 Å². The number of ether oxygens (including phenoxy) is 1. The van der Waals surface area contributed by atoms with E-state index in [1.807, 2.05) is 12.1 Å². The average molecular weight is 231 g/mol. The van der Waals surface area contributed by atoms with Crippen LogP contribution >= 0.6 is 0 Å². The van der Waals surface area contributed by atoms with Crippen molar-refractivity contribution < 1.29 is 4.74 Å². The quantitative estimate of drug-likeness (QED) is 0.866. The van der Waals surface area contributed by atoms with Crippen LogP contribution in [0, 0.1) is 17.2 Å². The van der Waals surface area contributed by atoms with E-state index in [0.717, 1.165) is 25.3 Å². The van der Waals surface area contributed by atoms with Gasteiger partial charge in [-0.15, -0.1) is 0 Å². The number of anilines is 1. The molecule has 0 unspecified atom stereocenters. The lowest BCUT2D eigenvalue weighted by Gasteiger charge is -2.28. The van der Waals surface area contributed by atoms with Gasteiger partial charge in [0, 0.05) is 18.6 Å². The summed E-state index contributed by atoms with van der Waals surface area (Å²) in [6.07, 6.45) is 4.05. The number of rotatable bonds is 3. The number of nitriles is 1. The van der Waals surface area contributed by atoms with Crippen LogP contribution in [0.15, 0.2) is 18.3 Å². The average Bonchev–Trinajstić information content (AvgIpc) is 2.40. The fraction of sp³-hybridized carbons (Fsp3) is 0.538. The summed E-state index contributed by atoms with van der Waals surface area (Å²) in [6, 6.07) is 6.00. The van der Waals surface area contributed by atoms with Gasteiger partial charge in [-0.25, -0.2) is 4.98 Å². The smallest absolute Gasteiger partial charge is 0.140 e. The summed E-state index contributed by atoms with van der Waals surface area (Å²) in [5.74, 6) is 0.555. The van der Waals surface area contributed by atoms with Crippen LogP contribution in [0.4, 0.5) is 5.69 Å². The standard InChI is InChI=1S/C13H17N3O/c1-10(11-3-2-6-17-9-11)16-13-5-4-12(7-14)15-8-13/h4-5,8,10-11,16H,2-3,6,9H2,1H3/t10-,11-/m1/s1. The molecule has 17 heavy (non-hydrogen) atoms. The summed E-state index contributed by atoms with van der Waals surface area (Å²) in [5, 5.41) is 12.1. The minimum Gasteiger partial charge on any atom is -0.381 e. The maximum Gasteiger partial charge on any atom is 0.140 e. The maximum atomic E-state index is 8.66. The highest BCUT2D eigenvalue weighted by Gasteiger charge is 2.20. The molecule has 0 spiro atoms. The van der Waals surface area contributed by atoms with Gasteiger partial charge < -0.3 is 10.1 Å². The van der Waals surface area contributed by atoms with Crippen LogP contribution in [0.25, 0.3) is 0 Å². The van der Waals surface area contributed by atoms with Gasteiger partial charge in [-0.2, -0.15) is 5.26 Å². The Balaban J connectivity index is 1.92. The summed E-state index contributed by atoms with van der Waals surface area (Å²) in [7, 11) is 0. The van der Waals surface area contributed by atoms with Crippen molar-refractivity contribution in [1.29, 1.82) is 5.26 Å². The van der Waals surface area contributed by atoms with Crippen molar-refractivity contribution in [2.75, 3.05) is 18.5 Å². The van der Waals surface area contributed by atoms with E-state index in [0.29, 0.717) is 17.7 Å². The molecule has 0 radical (unpaired) electrons. The minimum absolute atomic E-state index is 0.366. The van der Waals surface area contributed by atoms with Gasteiger partial charge in [0.15, 0.2) is 0 Å². The van der Waals surface area contributed by atoms with Crippen LogP contribution in [-0.4, -0.2) is 24.2 Å². The van der Waals surface area contributed by atoms with Crippen LogP contribution in [0.2, 0.25) is 0 Å². The molecule has 90 valence electrons. The predicted molar refractivity (Wildman–Crippen MR) is 65.6 cm³/mol. The van der Waals surface area contributed by atoms with Crippen molar-refractivity contribution in [3.63, 3.8) is 0 Å². The van der Waals surface area contributed by atoms with Gasteiger partial charge >= 0.3 is 0 Å². The molecule has 1 aliphatic heterocycles. The molecule has 1 aliphatic rings. The highest BCUT2D eigenvalue weighted by molar-refractivity contribution is 5.43. The van der Waals surface area contributed by atoms with Gasteiger partial charge in [-0.3, -0.25) is 0 Å². The molecule has 4 nitrogen and oxygen atoms in total. The number of hydrogen-bond donors (Lipinski definition) is 1. The highest BCUT2D eigenvalue weighted by Crippen LogP contribution is 2.20. The zero-order chi connectivity index (χ0) is 12.1. The summed E-state index contributed by atoms with van der Waals surface area (Å²) >= 11 is 0. The molecule has 4 heteroatoms. The SMILES string of the molecule is C[C@@H](Nc1ccc(C#N)nc1)[C@@H]1CCCOC1. The lowest BCUT2D eigenvalue weighted by atomic mass is 9.95. The van der Waals surface area contributed by atoms with Gasteiger partial charge in [-0.1, -0.05) is 0 Å². The number of hydrogen-bond acceptors (Lipinski definition) is 4. The third-order valence-electron chi connectivity index (χ3n) is 3.17. The molecule has 1 fully saturated rings. The monoisotopic (exact) mass is 231 g/mol. The molecule has 0 saturated carbocycles. The number of aromatic nitrogens is 1. The maximum absolute atomic E-state index is 8.66. The summed E-state index contributed by atoms with van der Waals surface area (Å²) in [6.45, 7) is 3.89. The van der Waals surface area contributed by atoms with Gasteiger partial charge in [-0.05, 0) is 31.9 Å². The van der Waals surface area contributed by atoms with E-state index in [1.165, 1.54) is 6.42 Å². The van der Waals surface area contributed by atoms with Crippen LogP contribution in [0.3, 0.4) is 0 Å². The summed E-state index contributed by atoms with van der Waals surface area (Å²) in [5.41, 5.74) is 1.41. The van der Waals surface area contributed by atoms with Crippen LogP contribution in [0.1, 0.15) is 25.5 Å². The summed E-state index contributed by atoms with van der Waals surface area (Å²) in [4.78, 5) is 4.04. The fourth-order valence-corrected chi connectivity index (χ4v) is 2.09. The van der Waals surface area contributed by atoms with E-state index in [1.54, 1.807) is 12.3 Å². The largest absolute Gasteiger partial charge is 0.381 e. The molecule has 1 aromatic heterocycles. The number of nitrogens with zero attached hydrogens (tertiary/aromatic N) is 2. The molecule has 2 heterocycles. The Morgan fingerprint density at radius 2 is 2.47 bits per heavy atom. The topological polar surface area (TPSA) is 57.9 Å². The first-order valence-electron chi connectivity index (χ1n) is 6.00. The Morgan fingerprint density at radius 3 is 3.06 bits per heavy atom. The highest BCUT2D eigenvalue weighted by atomic mass is 16.5. The normalized spacial score (nSPS) is 21.5. The van der Waals surface area contributed by atoms with Crippen molar-refractivity contribution in [3.05, 3.63) is 24.0 Å². The van der Waals surface area contributed by atoms with E-state index in [9.17, 15) is 0 Å². The molecule has 0 amide bonds. The van der Waals surface area contributed by atoms with Crippen LogP contribution < -0.4 is 5.32 Å². The molecular weight excluding hydrogens is 214 g/mol. The summed E-state index contributed by atoms with van der Waals surface area (Å²) < 4.78 is 5.48. The van der Waals surface area contributed by atoms with E-state index >= 15 is 0 Å². The lowest BCUT2D eigenvalue weighted by Crippen LogP contribution is -2.32. The number of nitrogens with one attached hydrogen (secondary N) is 1. The second-order valence-corrected chi connectivity index (χ2v) is 4.45. The molecule has 0 aromatic carbocycles. The molecule has 0 bridgehead atoms. The zero-order valence-corrected chi connectivity index (χ0v) is 10.0. The first-order valence-corrected chi connectivity index (χ1v) is 6.00. The predicted octanol–water partition coefficient (Wildman–Crippen LogP) is 2.18. The molecular formula is C13H17N3O. The zero-order valence-electron chi connectivity index (χ0n) is 10.0. The molecule has 2 atom stereocenters. The Hall–Kier alpha value is -1.60. The fourth-order valence-electron chi connectivity index (χ4n) is 2.09. The van der Waals surface area contributed by atoms with Gasteiger partial charge in [0.1, 0.15) is 11.8 Å². The Bertz CT molecular complexity index is 390. The molecule has 0 aliphatic carbocycles. The van der Waals surface area contributed by atoms with Crippen molar-refractivity contribution in [2.45, 2.75) is 25.8 Å². The first kappa shape index (κ1) is 11.9. The third-order valence-corrected chi connectivity index (χ3v) is 3.17. The second-order valence-electron chi connectivity index (χ2n) is 4.45. The van der Waals surface area contributed by atoms with Crippen molar-refractivity contribution in [1.82, 2.24) is 4.98 Å². The van der Waals surface area contributed by atoms with Crippen molar-refractivity contribution >= 4 is 5.69 Å². The van der Waals surface area contributed by atoms with Gasteiger partial charge in [0.05, 0.1) is 18.5 Å². The van der Waals surface area contributed by atoms with E-state index < -0.39 is 0 Å². The van der Waals surface area contributed by atoms with E-state index in [2.05, 4.69) is 17.2 Å². The van der Waals surface area contributed by atoms with Gasteiger partial charge in [0.2, 0.25) is 0 Å². The Labute approximate surface area is 102 Å². The Morgan fingerprint density at radius 1 is 1.59 bits per heavy atom.